The van der Waals surface area contributed by atoms with E-state index in [0.717, 1.165) is 38.8 Å². The SMILES string of the molecule is CC(CCCO)NC(=O)C1(C)CCCNC1. The summed E-state index contributed by atoms with van der Waals surface area (Å²) in [7, 11) is 0. The molecule has 4 heteroatoms. The van der Waals surface area contributed by atoms with E-state index >= 15 is 0 Å². The fraction of sp³-hybridized carbons (Fsp3) is 0.917. The molecule has 16 heavy (non-hydrogen) atoms. The second kappa shape index (κ2) is 6.21. The Bertz CT molecular complexity index is 225. The summed E-state index contributed by atoms with van der Waals surface area (Å²) < 4.78 is 0. The number of rotatable bonds is 5. The van der Waals surface area contributed by atoms with E-state index in [2.05, 4.69) is 10.6 Å². The maximum atomic E-state index is 12.1. The lowest BCUT2D eigenvalue weighted by Gasteiger charge is -2.33. The Morgan fingerprint density at radius 3 is 2.94 bits per heavy atom. The molecule has 0 saturated carbocycles. The zero-order valence-corrected chi connectivity index (χ0v) is 10.4. The van der Waals surface area contributed by atoms with E-state index in [1.807, 2.05) is 13.8 Å². The molecule has 0 aromatic heterocycles. The summed E-state index contributed by atoms with van der Waals surface area (Å²) in [6, 6.07) is 0.151. The van der Waals surface area contributed by atoms with Crippen LogP contribution in [0, 0.1) is 5.41 Å². The quantitative estimate of drug-likeness (QED) is 0.647. The number of hydrogen-bond acceptors (Lipinski definition) is 3. The molecule has 0 radical (unpaired) electrons. The number of carbonyl (C=O) groups is 1. The molecule has 0 aliphatic carbocycles. The van der Waals surface area contributed by atoms with E-state index in [4.69, 9.17) is 5.11 Å². The van der Waals surface area contributed by atoms with Crippen molar-refractivity contribution in [3.63, 3.8) is 0 Å². The zero-order chi connectivity index (χ0) is 12.0. The highest BCUT2D eigenvalue weighted by Gasteiger charge is 2.34. The highest BCUT2D eigenvalue weighted by atomic mass is 16.3. The summed E-state index contributed by atoms with van der Waals surface area (Å²) in [4.78, 5) is 12.1. The van der Waals surface area contributed by atoms with Crippen LogP contribution in [0.4, 0.5) is 0 Å². The second-order valence-corrected chi connectivity index (χ2v) is 5.08. The fourth-order valence-corrected chi connectivity index (χ4v) is 2.12. The Balaban J connectivity index is 2.38. The molecule has 1 saturated heterocycles. The van der Waals surface area contributed by atoms with E-state index in [-0.39, 0.29) is 24.0 Å². The van der Waals surface area contributed by atoms with Crippen LogP contribution in [0.15, 0.2) is 0 Å². The normalized spacial score (nSPS) is 27.4. The number of aliphatic hydroxyl groups is 1. The van der Waals surface area contributed by atoms with Crippen LogP contribution in [-0.4, -0.2) is 36.8 Å². The molecule has 0 spiro atoms. The Morgan fingerprint density at radius 2 is 2.38 bits per heavy atom. The van der Waals surface area contributed by atoms with E-state index in [1.165, 1.54) is 0 Å². The predicted octanol–water partition coefficient (Wildman–Crippen LogP) is 0.653. The number of carbonyl (C=O) groups excluding carboxylic acids is 1. The molecule has 1 rings (SSSR count). The van der Waals surface area contributed by atoms with Gasteiger partial charge in [0.05, 0.1) is 5.41 Å². The maximum absolute atomic E-state index is 12.1. The van der Waals surface area contributed by atoms with Gasteiger partial charge in [-0.15, -0.1) is 0 Å². The van der Waals surface area contributed by atoms with Crippen molar-refractivity contribution in [2.75, 3.05) is 19.7 Å². The van der Waals surface area contributed by atoms with E-state index < -0.39 is 0 Å². The highest BCUT2D eigenvalue weighted by Crippen LogP contribution is 2.25. The van der Waals surface area contributed by atoms with Gasteiger partial charge in [0.15, 0.2) is 0 Å². The Kier molecular flexibility index (Phi) is 5.22. The predicted molar refractivity (Wildman–Crippen MR) is 64.1 cm³/mol. The molecule has 1 fully saturated rings. The average Bonchev–Trinajstić information content (AvgIpc) is 2.27. The smallest absolute Gasteiger partial charge is 0.227 e. The van der Waals surface area contributed by atoms with Crippen LogP contribution in [0.3, 0.4) is 0 Å². The van der Waals surface area contributed by atoms with E-state index in [9.17, 15) is 4.79 Å². The van der Waals surface area contributed by atoms with Crippen molar-refractivity contribution >= 4 is 5.91 Å². The van der Waals surface area contributed by atoms with E-state index in [1.54, 1.807) is 0 Å². The molecular formula is C12H24N2O2. The summed E-state index contributed by atoms with van der Waals surface area (Å²) in [5.41, 5.74) is -0.258. The van der Waals surface area contributed by atoms with Crippen molar-refractivity contribution in [3.05, 3.63) is 0 Å². The van der Waals surface area contributed by atoms with Gasteiger partial charge in [-0.2, -0.15) is 0 Å². The van der Waals surface area contributed by atoms with Gasteiger partial charge in [0, 0.05) is 19.2 Å². The summed E-state index contributed by atoms with van der Waals surface area (Å²) in [6.45, 7) is 5.99. The molecule has 94 valence electrons. The van der Waals surface area contributed by atoms with Crippen LogP contribution in [0.2, 0.25) is 0 Å². The highest BCUT2D eigenvalue weighted by molar-refractivity contribution is 5.82. The number of hydrogen-bond donors (Lipinski definition) is 3. The lowest BCUT2D eigenvalue weighted by atomic mass is 9.81. The summed E-state index contributed by atoms with van der Waals surface area (Å²) >= 11 is 0. The van der Waals surface area contributed by atoms with Crippen LogP contribution in [-0.2, 0) is 4.79 Å². The minimum atomic E-state index is -0.258. The van der Waals surface area contributed by atoms with Crippen LogP contribution in [0.1, 0.15) is 39.5 Å². The van der Waals surface area contributed by atoms with Crippen molar-refractivity contribution in [1.82, 2.24) is 10.6 Å². The second-order valence-electron chi connectivity index (χ2n) is 5.08. The van der Waals surface area contributed by atoms with E-state index in [0.29, 0.717) is 0 Å². The Labute approximate surface area is 97.8 Å². The summed E-state index contributed by atoms with van der Waals surface area (Å²) in [5.74, 6) is 0.144. The van der Waals surface area contributed by atoms with Crippen LogP contribution < -0.4 is 10.6 Å². The Morgan fingerprint density at radius 1 is 1.62 bits per heavy atom. The van der Waals surface area contributed by atoms with Crippen LogP contribution >= 0.6 is 0 Å². The van der Waals surface area contributed by atoms with Crippen molar-refractivity contribution in [3.8, 4) is 0 Å². The van der Waals surface area contributed by atoms with Gasteiger partial charge in [-0.25, -0.2) is 0 Å². The van der Waals surface area contributed by atoms with Gasteiger partial charge in [-0.1, -0.05) is 0 Å². The largest absolute Gasteiger partial charge is 0.396 e. The molecule has 4 nitrogen and oxygen atoms in total. The van der Waals surface area contributed by atoms with Gasteiger partial charge in [-0.3, -0.25) is 4.79 Å². The zero-order valence-electron chi connectivity index (χ0n) is 10.4. The molecule has 3 N–H and O–H groups in total. The van der Waals surface area contributed by atoms with Gasteiger partial charge in [0.25, 0.3) is 0 Å². The minimum absolute atomic E-state index is 0.144. The number of piperidine rings is 1. The first-order valence-corrected chi connectivity index (χ1v) is 6.21. The topological polar surface area (TPSA) is 61.4 Å². The molecular weight excluding hydrogens is 204 g/mol. The number of aliphatic hydroxyl groups excluding tert-OH is 1. The van der Waals surface area contributed by atoms with Gasteiger partial charge in [0.1, 0.15) is 0 Å². The van der Waals surface area contributed by atoms with Crippen molar-refractivity contribution in [2.45, 2.75) is 45.6 Å². The first kappa shape index (κ1) is 13.5. The third-order valence-corrected chi connectivity index (χ3v) is 3.32. The molecule has 0 aromatic carbocycles. The molecule has 1 aliphatic heterocycles. The summed E-state index contributed by atoms with van der Waals surface area (Å²) in [6.07, 6.45) is 3.61. The Hall–Kier alpha value is -0.610. The molecule has 0 aromatic rings. The van der Waals surface area contributed by atoms with Crippen molar-refractivity contribution in [1.29, 1.82) is 0 Å². The monoisotopic (exact) mass is 228 g/mol. The lowest BCUT2D eigenvalue weighted by molar-refractivity contribution is -0.131. The van der Waals surface area contributed by atoms with Crippen LogP contribution in [0.5, 0.6) is 0 Å². The standard InChI is InChI=1S/C12H24N2O2/c1-10(5-3-8-15)14-11(16)12(2)6-4-7-13-9-12/h10,13,15H,3-9H2,1-2H3,(H,14,16). The third-order valence-electron chi connectivity index (χ3n) is 3.32. The third kappa shape index (κ3) is 3.76. The molecule has 2 atom stereocenters. The van der Waals surface area contributed by atoms with Crippen molar-refractivity contribution < 1.29 is 9.90 Å². The van der Waals surface area contributed by atoms with Crippen LogP contribution in [0.25, 0.3) is 0 Å². The molecule has 0 bridgehead atoms. The first-order valence-electron chi connectivity index (χ1n) is 6.21. The number of nitrogens with one attached hydrogen (secondary N) is 2. The fourth-order valence-electron chi connectivity index (χ4n) is 2.12. The van der Waals surface area contributed by atoms with Gasteiger partial charge in [0.2, 0.25) is 5.91 Å². The van der Waals surface area contributed by atoms with Gasteiger partial charge < -0.3 is 15.7 Å². The maximum Gasteiger partial charge on any atom is 0.227 e. The average molecular weight is 228 g/mol. The van der Waals surface area contributed by atoms with Gasteiger partial charge >= 0.3 is 0 Å². The molecule has 1 amide bonds. The molecule has 1 heterocycles. The summed E-state index contributed by atoms with van der Waals surface area (Å²) in [5, 5.41) is 15.0. The lowest BCUT2D eigenvalue weighted by Crippen LogP contribution is -2.50. The number of amides is 1. The molecule has 1 aliphatic rings. The van der Waals surface area contributed by atoms with Gasteiger partial charge in [-0.05, 0) is 46.1 Å². The van der Waals surface area contributed by atoms with Crippen molar-refractivity contribution in [2.24, 2.45) is 5.41 Å². The first-order chi connectivity index (χ1) is 7.58. The minimum Gasteiger partial charge on any atom is -0.396 e. The molecule has 2 unspecified atom stereocenters.